The van der Waals surface area contributed by atoms with Crippen LogP contribution < -0.4 is 14.2 Å². The van der Waals surface area contributed by atoms with Gasteiger partial charge in [0.15, 0.2) is 18.5 Å². The van der Waals surface area contributed by atoms with Gasteiger partial charge in [0.2, 0.25) is 11.4 Å². The number of quaternary nitrogens is 1. The van der Waals surface area contributed by atoms with E-state index in [1.165, 1.54) is 47.1 Å². The molecule has 4 nitrogen and oxygen atoms in total. The first-order valence-electron chi connectivity index (χ1n) is 12.2. The van der Waals surface area contributed by atoms with Crippen molar-refractivity contribution in [3.63, 3.8) is 0 Å². The monoisotopic (exact) mass is 441 g/mol. The van der Waals surface area contributed by atoms with Crippen molar-refractivity contribution < 1.29 is 13.8 Å². The summed E-state index contributed by atoms with van der Waals surface area (Å²) in [5, 5.41) is 1.30. The number of aromatic nitrogens is 1. The molecule has 0 atom stereocenters. The molecule has 0 bridgehead atoms. The van der Waals surface area contributed by atoms with Crippen molar-refractivity contribution in [2.75, 3.05) is 39.1 Å². The molecule has 0 saturated heterocycles. The molecule has 0 aliphatic carbocycles. The highest BCUT2D eigenvalue weighted by Gasteiger charge is 2.29. The molecule has 0 saturated carbocycles. The average Bonchev–Trinajstić information content (AvgIpc) is 3.05. The Bertz CT molecular complexity index is 1220. The van der Waals surface area contributed by atoms with Crippen LogP contribution in [0.2, 0.25) is 0 Å². The molecule has 3 aromatic rings. The van der Waals surface area contributed by atoms with Crippen LogP contribution in [-0.2, 0) is 6.54 Å². The van der Waals surface area contributed by atoms with Crippen LogP contribution in [0.15, 0.2) is 78.3 Å². The Balaban J connectivity index is 1.44. The Labute approximate surface area is 197 Å². The molecule has 2 aliphatic heterocycles. The highest BCUT2D eigenvalue weighted by molar-refractivity contribution is 5.86. The number of aryl methyl sites for hydroxylation is 1. The van der Waals surface area contributed by atoms with E-state index in [9.17, 15) is 0 Å². The molecule has 2 aliphatic rings. The summed E-state index contributed by atoms with van der Waals surface area (Å²) in [6.07, 6.45) is 11.4. The summed E-state index contributed by atoms with van der Waals surface area (Å²) in [5.41, 5.74) is 5.03. The third-order valence-corrected chi connectivity index (χ3v) is 6.61. The van der Waals surface area contributed by atoms with E-state index in [1.807, 2.05) is 6.07 Å². The maximum atomic E-state index is 6.32. The fourth-order valence-electron chi connectivity index (χ4n) is 4.90. The molecule has 4 heteroatoms. The highest BCUT2D eigenvalue weighted by Crippen LogP contribution is 2.42. The Morgan fingerprint density at radius 1 is 0.970 bits per heavy atom. The molecule has 0 radical (unpaired) electrons. The van der Waals surface area contributed by atoms with Crippen LogP contribution in [0, 0.1) is 0 Å². The fraction of sp³-hybridized carbons (Fsp3) is 0.345. The van der Waals surface area contributed by atoms with Crippen LogP contribution >= 0.6 is 0 Å². The summed E-state index contributed by atoms with van der Waals surface area (Å²) in [7, 11) is 6.77. The quantitative estimate of drug-likeness (QED) is 0.369. The van der Waals surface area contributed by atoms with E-state index in [-0.39, 0.29) is 0 Å². The van der Waals surface area contributed by atoms with Gasteiger partial charge in [-0.3, -0.25) is 0 Å². The molecule has 0 unspecified atom stereocenters. The van der Waals surface area contributed by atoms with E-state index < -0.39 is 0 Å². The molecule has 2 aromatic carbocycles. The zero-order chi connectivity index (χ0) is 22.8. The Morgan fingerprint density at radius 3 is 2.67 bits per heavy atom. The maximum absolute atomic E-state index is 6.32. The molecule has 170 valence electrons. The second kappa shape index (κ2) is 9.03. The van der Waals surface area contributed by atoms with Gasteiger partial charge >= 0.3 is 0 Å². The van der Waals surface area contributed by atoms with E-state index >= 15 is 0 Å². The van der Waals surface area contributed by atoms with E-state index in [4.69, 9.17) is 4.74 Å². The van der Waals surface area contributed by atoms with Crippen molar-refractivity contribution in [1.29, 1.82) is 0 Å². The van der Waals surface area contributed by atoms with Gasteiger partial charge in [-0.2, -0.15) is 4.57 Å². The van der Waals surface area contributed by atoms with E-state index in [0.717, 1.165) is 42.0 Å². The lowest BCUT2D eigenvalue weighted by Gasteiger charge is -2.22. The number of anilines is 1. The molecule has 1 aromatic heterocycles. The highest BCUT2D eigenvalue weighted by atomic mass is 16.5. The van der Waals surface area contributed by atoms with E-state index in [0.29, 0.717) is 0 Å². The van der Waals surface area contributed by atoms with E-state index in [2.05, 4.69) is 97.5 Å². The van der Waals surface area contributed by atoms with Gasteiger partial charge in [0, 0.05) is 24.3 Å². The van der Waals surface area contributed by atoms with Crippen LogP contribution in [0.25, 0.3) is 17.0 Å². The number of rotatable bonds is 6. The van der Waals surface area contributed by atoms with E-state index in [1.54, 1.807) is 0 Å². The minimum atomic E-state index is 0.973. The molecular weight excluding hydrogens is 406 g/mol. The number of hydrogen-bond acceptors (Lipinski definition) is 2. The third kappa shape index (κ3) is 4.67. The second-order valence-corrected chi connectivity index (χ2v) is 10.2. The van der Waals surface area contributed by atoms with Crippen molar-refractivity contribution in [3.05, 3.63) is 83.9 Å². The normalized spacial score (nSPS) is 16.2. The van der Waals surface area contributed by atoms with Gasteiger partial charge in [0.05, 0.1) is 45.2 Å². The summed E-state index contributed by atoms with van der Waals surface area (Å²) in [4.78, 5) is 2.35. The molecule has 33 heavy (non-hydrogen) atoms. The topological polar surface area (TPSA) is 16.4 Å². The van der Waals surface area contributed by atoms with Crippen molar-refractivity contribution in [2.45, 2.75) is 32.2 Å². The number of pyridine rings is 1. The zero-order valence-electron chi connectivity index (χ0n) is 20.1. The van der Waals surface area contributed by atoms with Gasteiger partial charge in [-0.05, 0) is 43.0 Å². The van der Waals surface area contributed by atoms with Crippen LogP contribution in [0.1, 0.15) is 31.2 Å². The first-order chi connectivity index (χ1) is 16.0. The molecule has 5 rings (SSSR count). The average molecular weight is 442 g/mol. The number of allylic oxidation sites excluding steroid dienone is 2. The maximum Gasteiger partial charge on any atom is 0.213 e. The van der Waals surface area contributed by atoms with Crippen LogP contribution in [0.4, 0.5) is 5.69 Å². The van der Waals surface area contributed by atoms with Crippen molar-refractivity contribution in [3.8, 4) is 5.75 Å². The number of ether oxygens (including phenoxy) is 1. The van der Waals surface area contributed by atoms with Gasteiger partial charge in [-0.15, -0.1) is 0 Å². The molecule has 0 spiro atoms. The van der Waals surface area contributed by atoms with Crippen LogP contribution in [0.3, 0.4) is 0 Å². The first-order valence-corrected chi connectivity index (χ1v) is 12.2. The lowest BCUT2D eigenvalue weighted by atomic mass is 10.0. The summed E-state index contributed by atoms with van der Waals surface area (Å²) in [6, 6.07) is 19.4. The standard InChI is InChI=1S/C29H35N3O/c1-32(2,3)22-10-19-30-21-18-23(25-12-4-5-13-26(25)30)16-17-24-11-8-9-20-31-27-14-6-7-15-28(27)33-29(24)31/h4-7,12-18,21H,8-11,19-20,22H2,1-3H3/q+2. The molecule has 0 N–H and O–H groups in total. The summed E-state index contributed by atoms with van der Waals surface area (Å²) < 4.78 is 9.72. The zero-order valence-corrected chi connectivity index (χ0v) is 20.1. The summed E-state index contributed by atoms with van der Waals surface area (Å²) in [5.74, 6) is 1.99. The number of hydrogen-bond donors (Lipinski definition) is 0. The predicted molar refractivity (Wildman–Crippen MR) is 136 cm³/mol. The predicted octanol–water partition coefficient (Wildman–Crippen LogP) is 5.53. The molecule has 0 amide bonds. The van der Waals surface area contributed by atoms with Gasteiger partial charge in [0.1, 0.15) is 0 Å². The second-order valence-electron chi connectivity index (χ2n) is 10.2. The minimum absolute atomic E-state index is 0.973. The fourth-order valence-corrected chi connectivity index (χ4v) is 4.90. The van der Waals surface area contributed by atoms with Gasteiger partial charge in [0.25, 0.3) is 0 Å². The number of fused-ring (bicyclic) bond motifs is 4. The molecular formula is C29H35N3O+2. The molecule has 3 heterocycles. The van der Waals surface area contributed by atoms with Crippen LogP contribution in [-0.4, -0.2) is 38.7 Å². The Morgan fingerprint density at radius 2 is 1.79 bits per heavy atom. The first kappa shape index (κ1) is 21.7. The number of nitrogens with zero attached hydrogens (tertiary/aromatic N) is 3. The van der Waals surface area contributed by atoms with Gasteiger partial charge in [-0.1, -0.05) is 36.4 Å². The number of benzene rings is 2. The summed E-state index contributed by atoms with van der Waals surface area (Å²) in [6.45, 7) is 3.22. The smallest absolute Gasteiger partial charge is 0.213 e. The van der Waals surface area contributed by atoms with Crippen molar-refractivity contribution in [2.24, 2.45) is 0 Å². The van der Waals surface area contributed by atoms with Gasteiger partial charge in [-0.25, -0.2) is 0 Å². The van der Waals surface area contributed by atoms with Crippen molar-refractivity contribution in [1.82, 2.24) is 0 Å². The third-order valence-electron chi connectivity index (χ3n) is 6.61. The minimum Gasteiger partial charge on any atom is -0.438 e. The number of para-hydroxylation sites is 3. The van der Waals surface area contributed by atoms with Crippen molar-refractivity contribution >= 4 is 22.7 Å². The molecule has 0 fully saturated rings. The Hall–Kier alpha value is -3.11. The Kier molecular flexibility index (Phi) is 5.94. The lowest BCUT2D eigenvalue weighted by molar-refractivity contribution is -0.873. The summed E-state index contributed by atoms with van der Waals surface area (Å²) >= 11 is 0. The van der Waals surface area contributed by atoms with Gasteiger partial charge < -0.3 is 14.1 Å². The lowest BCUT2D eigenvalue weighted by Crippen LogP contribution is -2.40. The SMILES string of the molecule is C[N+](C)(C)CCC[n+]1ccc(C=CC2=C3Oc4ccccc4N3CCCC2)c2ccccc21. The van der Waals surface area contributed by atoms with Crippen LogP contribution in [0.5, 0.6) is 5.75 Å². The largest absolute Gasteiger partial charge is 0.438 e.